The number of hydrogen-bond acceptors (Lipinski definition) is 8. The molecule has 0 aliphatic rings. The van der Waals surface area contributed by atoms with Crippen molar-refractivity contribution in [3.63, 3.8) is 0 Å². The van der Waals surface area contributed by atoms with Crippen LogP contribution in [0.5, 0.6) is 5.75 Å². The lowest BCUT2D eigenvalue weighted by molar-refractivity contribution is 0.414. The third kappa shape index (κ3) is 2.84. The fraction of sp³-hybridized carbons (Fsp3) is 0.300. The first-order valence-electron chi connectivity index (χ1n) is 5.31. The molecule has 0 aromatic carbocycles. The number of nitrogens with zero attached hydrogens (tertiary/aromatic N) is 3. The Labute approximate surface area is 108 Å². The van der Waals surface area contributed by atoms with E-state index in [0.29, 0.717) is 23.9 Å². The molecule has 0 unspecified atom stereocenters. The minimum atomic E-state index is 0.448. The Morgan fingerprint density at radius 1 is 1.33 bits per heavy atom. The van der Waals surface area contributed by atoms with Crippen molar-refractivity contribution in [3.8, 4) is 5.75 Å². The van der Waals surface area contributed by atoms with Crippen molar-refractivity contribution in [2.24, 2.45) is 5.84 Å². The van der Waals surface area contributed by atoms with Gasteiger partial charge in [-0.2, -0.15) is 0 Å². The summed E-state index contributed by atoms with van der Waals surface area (Å²) < 4.78 is 5.21. The summed E-state index contributed by atoms with van der Waals surface area (Å²) in [6.45, 7) is 0.709. The number of aromatic nitrogens is 3. The molecule has 0 aliphatic heterocycles. The minimum absolute atomic E-state index is 0.448. The van der Waals surface area contributed by atoms with Crippen LogP contribution in [0.3, 0.4) is 0 Å². The van der Waals surface area contributed by atoms with E-state index < -0.39 is 0 Å². The van der Waals surface area contributed by atoms with E-state index in [2.05, 4.69) is 25.7 Å². The fourth-order valence-electron chi connectivity index (χ4n) is 1.47. The number of nitrogen functional groups attached to an aromatic ring is 1. The van der Waals surface area contributed by atoms with Crippen molar-refractivity contribution < 1.29 is 4.74 Å². The summed E-state index contributed by atoms with van der Waals surface area (Å²) in [7, 11) is 1.55. The minimum Gasteiger partial charge on any atom is -0.490 e. The predicted molar refractivity (Wildman–Crippen MR) is 70.7 cm³/mol. The van der Waals surface area contributed by atoms with Crippen LogP contribution in [0.2, 0.25) is 0 Å². The van der Waals surface area contributed by atoms with Crippen molar-refractivity contribution in [1.29, 1.82) is 0 Å². The highest BCUT2D eigenvalue weighted by atomic mass is 32.1. The quantitative estimate of drug-likeness (QED) is 0.527. The molecular formula is C10H14N6OS. The highest BCUT2D eigenvalue weighted by molar-refractivity contribution is 7.07. The lowest BCUT2D eigenvalue weighted by Crippen LogP contribution is -2.13. The molecule has 0 bridgehead atoms. The molecule has 0 fully saturated rings. The molecule has 0 radical (unpaired) electrons. The van der Waals surface area contributed by atoms with Gasteiger partial charge in [0.2, 0.25) is 5.75 Å². The number of methoxy groups -OCH3 is 1. The van der Waals surface area contributed by atoms with Crippen LogP contribution in [0.15, 0.2) is 17.2 Å². The van der Waals surface area contributed by atoms with E-state index in [1.165, 1.54) is 6.33 Å². The SMILES string of the molecule is COc1c(NN)ncnc1NCCc1cscn1. The number of ether oxygens (including phenoxy) is 1. The molecule has 2 aromatic heterocycles. The summed E-state index contributed by atoms with van der Waals surface area (Å²) in [6.07, 6.45) is 2.24. The van der Waals surface area contributed by atoms with Crippen LogP contribution in [0.25, 0.3) is 0 Å². The number of hydrazine groups is 1. The van der Waals surface area contributed by atoms with E-state index >= 15 is 0 Å². The van der Waals surface area contributed by atoms with E-state index in [9.17, 15) is 0 Å². The summed E-state index contributed by atoms with van der Waals surface area (Å²) >= 11 is 1.58. The monoisotopic (exact) mass is 266 g/mol. The van der Waals surface area contributed by atoms with Crippen molar-refractivity contribution in [3.05, 3.63) is 22.9 Å². The van der Waals surface area contributed by atoms with Gasteiger partial charge in [0.1, 0.15) is 6.33 Å². The van der Waals surface area contributed by atoms with Gasteiger partial charge in [0.25, 0.3) is 0 Å². The van der Waals surface area contributed by atoms with E-state index in [4.69, 9.17) is 10.6 Å². The smallest absolute Gasteiger partial charge is 0.205 e. The summed E-state index contributed by atoms with van der Waals surface area (Å²) in [4.78, 5) is 12.3. The molecule has 0 atom stereocenters. The number of rotatable bonds is 6. The predicted octanol–water partition coefficient (Wildman–Crippen LogP) is 0.882. The lowest BCUT2D eigenvalue weighted by atomic mass is 10.3. The fourth-order valence-corrected chi connectivity index (χ4v) is 2.06. The van der Waals surface area contributed by atoms with Crippen molar-refractivity contribution in [2.75, 3.05) is 24.4 Å². The van der Waals surface area contributed by atoms with Gasteiger partial charge in [-0.1, -0.05) is 0 Å². The first-order valence-corrected chi connectivity index (χ1v) is 6.26. The summed E-state index contributed by atoms with van der Waals surface area (Å²) in [5.41, 5.74) is 5.33. The Kier molecular flexibility index (Phi) is 4.26. The van der Waals surface area contributed by atoms with Crippen LogP contribution < -0.4 is 21.3 Å². The number of anilines is 2. The third-order valence-electron chi connectivity index (χ3n) is 2.30. The number of nitrogens with one attached hydrogen (secondary N) is 2. The molecule has 18 heavy (non-hydrogen) atoms. The molecule has 2 heterocycles. The third-order valence-corrected chi connectivity index (χ3v) is 2.94. The summed E-state index contributed by atoms with van der Waals surface area (Å²) in [5, 5.41) is 5.19. The van der Waals surface area contributed by atoms with Gasteiger partial charge < -0.3 is 15.5 Å². The molecule has 0 amide bonds. The van der Waals surface area contributed by atoms with E-state index in [1.807, 2.05) is 10.9 Å². The maximum Gasteiger partial charge on any atom is 0.205 e. The van der Waals surface area contributed by atoms with E-state index in [0.717, 1.165) is 12.1 Å². The van der Waals surface area contributed by atoms with Crippen LogP contribution in [0.1, 0.15) is 5.69 Å². The molecule has 0 saturated heterocycles. The second-order valence-electron chi connectivity index (χ2n) is 3.41. The zero-order chi connectivity index (χ0) is 12.8. The highest BCUT2D eigenvalue weighted by Crippen LogP contribution is 2.27. The van der Waals surface area contributed by atoms with Gasteiger partial charge >= 0.3 is 0 Å². The van der Waals surface area contributed by atoms with Crippen LogP contribution in [-0.4, -0.2) is 28.6 Å². The van der Waals surface area contributed by atoms with Gasteiger partial charge in [-0.25, -0.2) is 20.8 Å². The largest absolute Gasteiger partial charge is 0.490 e. The Hall–Kier alpha value is -1.93. The second-order valence-corrected chi connectivity index (χ2v) is 4.12. The topological polar surface area (TPSA) is 98.0 Å². The molecule has 4 N–H and O–H groups in total. The van der Waals surface area contributed by atoms with Crippen LogP contribution in [0, 0.1) is 0 Å². The molecule has 0 aliphatic carbocycles. The van der Waals surface area contributed by atoms with Gasteiger partial charge in [-0.05, 0) is 0 Å². The Balaban J connectivity index is 2.00. The summed E-state index contributed by atoms with van der Waals surface area (Å²) in [6, 6.07) is 0. The van der Waals surface area contributed by atoms with E-state index in [-0.39, 0.29) is 0 Å². The zero-order valence-corrected chi connectivity index (χ0v) is 10.7. The van der Waals surface area contributed by atoms with E-state index in [1.54, 1.807) is 18.4 Å². The van der Waals surface area contributed by atoms with Crippen LogP contribution in [-0.2, 0) is 6.42 Å². The van der Waals surface area contributed by atoms with Gasteiger partial charge in [-0.3, -0.25) is 0 Å². The van der Waals surface area contributed by atoms with Crippen LogP contribution in [0.4, 0.5) is 11.6 Å². The van der Waals surface area contributed by atoms with Crippen molar-refractivity contribution in [2.45, 2.75) is 6.42 Å². The number of thiazole rings is 1. The Morgan fingerprint density at radius 2 is 2.17 bits per heavy atom. The molecular weight excluding hydrogens is 252 g/mol. The molecule has 0 spiro atoms. The van der Waals surface area contributed by atoms with Gasteiger partial charge in [0.05, 0.1) is 18.3 Å². The zero-order valence-electron chi connectivity index (χ0n) is 9.88. The lowest BCUT2D eigenvalue weighted by Gasteiger charge is -2.11. The first-order chi connectivity index (χ1) is 8.85. The Bertz CT molecular complexity index is 489. The molecule has 0 saturated carbocycles. The van der Waals surface area contributed by atoms with Gasteiger partial charge in [0, 0.05) is 18.3 Å². The highest BCUT2D eigenvalue weighted by Gasteiger charge is 2.10. The average Bonchev–Trinajstić information content (AvgIpc) is 2.91. The van der Waals surface area contributed by atoms with Gasteiger partial charge in [-0.15, -0.1) is 11.3 Å². The maximum absolute atomic E-state index is 5.34. The first kappa shape index (κ1) is 12.5. The maximum atomic E-state index is 5.34. The Morgan fingerprint density at radius 3 is 2.83 bits per heavy atom. The second kappa shape index (κ2) is 6.12. The molecule has 96 valence electrons. The molecule has 7 nitrogen and oxygen atoms in total. The number of nitrogens with two attached hydrogens (primary N) is 1. The normalized spacial score (nSPS) is 10.1. The van der Waals surface area contributed by atoms with Crippen molar-refractivity contribution >= 4 is 23.0 Å². The van der Waals surface area contributed by atoms with Crippen LogP contribution >= 0.6 is 11.3 Å². The molecule has 2 rings (SSSR count). The van der Waals surface area contributed by atoms with Crippen molar-refractivity contribution in [1.82, 2.24) is 15.0 Å². The molecule has 8 heteroatoms. The molecule has 2 aromatic rings. The number of hydrogen-bond donors (Lipinski definition) is 3. The standard InChI is InChI=1S/C10H14N6OS/c1-17-8-9(13-5-14-10(8)16-11)12-3-2-7-4-18-6-15-7/h4-6H,2-3,11H2,1H3,(H2,12,13,14,16). The van der Waals surface area contributed by atoms with Gasteiger partial charge in [0.15, 0.2) is 11.6 Å². The average molecular weight is 266 g/mol. The summed E-state index contributed by atoms with van der Waals surface area (Å²) in [5.74, 6) is 6.90.